The zero-order chi connectivity index (χ0) is 52.3. The molecule has 0 fully saturated rings. The third-order valence-corrected chi connectivity index (χ3v) is 11.7. The van der Waals surface area contributed by atoms with E-state index in [4.69, 9.17) is 0 Å². The lowest BCUT2D eigenvalue weighted by Gasteiger charge is -2.00. The zero-order valence-electron chi connectivity index (χ0n) is 40.9. The van der Waals surface area contributed by atoms with Crippen molar-refractivity contribution in [3.63, 3.8) is 0 Å². The number of aromatic nitrogens is 8. The Balaban J connectivity index is 0.000000124. The number of aldehydes is 4. The topological polar surface area (TPSA) is 140 Å². The maximum atomic E-state index is 11.2. The van der Waals surface area contributed by atoms with Gasteiger partial charge in [0.1, 0.15) is 22.8 Å². The van der Waals surface area contributed by atoms with E-state index in [1.165, 1.54) is 0 Å². The third kappa shape index (κ3) is 12.3. The Bertz CT molecular complexity index is 3250. The molecule has 0 bridgehead atoms. The van der Waals surface area contributed by atoms with Crippen molar-refractivity contribution in [1.82, 2.24) is 39.1 Å². The molecule has 368 valence electrons. The first kappa shape index (κ1) is 50.2. The Morgan fingerprint density at radius 2 is 0.382 bits per heavy atom. The lowest BCUT2D eigenvalue weighted by Crippen LogP contribution is -1.93. The molecule has 0 saturated heterocycles. The summed E-state index contributed by atoms with van der Waals surface area (Å²) in [4.78, 5) is 44.8. The number of carbonyl (C=O) groups excluding carboxylic acids is 4. The predicted octanol–water partition coefficient (Wildman–Crippen LogP) is 13.4. The maximum absolute atomic E-state index is 11.2. The fourth-order valence-electron chi connectivity index (χ4n) is 8.03. The molecular weight excluding hydrogens is 945 g/mol. The Hall–Kier alpha value is -10.7. The summed E-state index contributed by atoms with van der Waals surface area (Å²) in [7, 11) is 0. The molecule has 0 radical (unpaired) electrons. The lowest BCUT2D eigenvalue weighted by atomic mass is 10.1. The van der Waals surface area contributed by atoms with Crippen LogP contribution in [-0.4, -0.2) is 64.3 Å². The van der Waals surface area contributed by atoms with E-state index >= 15 is 0 Å². The van der Waals surface area contributed by atoms with Crippen LogP contribution >= 0.6 is 0 Å². The minimum Gasteiger partial charge on any atom is -0.298 e. The fraction of sp³-hybridized carbons (Fsp3) is 0. The number of para-hydroxylation sites is 4. The highest BCUT2D eigenvalue weighted by Gasteiger charge is 2.14. The van der Waals surface area contributed by atoms with Gasteiger partial charge in [-0.1, -0.05) is 194 Å². The average Bonchev–Trinajstić information content (AvgIpc) is 4.36. The van der Waals surface area contributed by atoms with Crippen LogP contribution in [0.4, 0.5) is 0 Å². The molecular formula is C64H48N8O4. The number of benzene rings is 8. The van der Waals surface area contributed by atoms with E-state index in [2.05, 4.69) is 20.4 Å². The molecule has 12 nitrogen and oxygen atoms in total. The minimum atomic E-state index is 0.593. The highest BCUT2D eigenvalue weighted by Crippen LogP contribution is 2.26. The van der Waals surface area contributed by atoms with Gasteiger partial charge in [0.2, 0.25) is 0 Å². The number of nitrogens with zero attached hydrogens (tertiary/aromatic N) is 8. The molecule has 0 aliphatic rings. The summed E-state index contributed by atoms with van der Waals surface area (Å²) < 4.78 is 6.91. The standard InChI is InChI=1S/4C16H12N2O/c4*19-12-14-11-18(15-9-5-2-6-10-15)17-16(14)13-7-3-1-4-8-13/h4*1-12H. The van der Waals surface area contributed by atoms with Crippen LogP contribution in [0.15, 0.2) is 267 Å². The summed E-state index contributed by atoms with van der Waals surface area (Å²) in [6.45, 7) is 0. The normalized spacial score (nSPS) is 10.3. The second kappa shape index (κ2) is 25.1. The molecule has 4 heterocycles. The van der Waals surface area contributed by atoms with Gasteiger partial charge in [0, 0.05) is 47.0 Å². The first-order valence-electron chi connectivity index (χ1n) is 24.2. The predicted molar refractivity (Wildman–Crippen MR) is 298 cm³/mol. The van der Waals surface area contributed by atoms with E-state index < -0.39 is 0 Å². The van der Waals surface area contributed by atoms with Gasteiger partial charge in [-0.15, -0.1) is 0 Å². The smallest absolute Gasteiger partial charge is 0.153 e. The molecule has 0 unspecified atom stereocenters. The van der Waals surface area contributed by atoms with Gasteiger partial charge in [-0.25, -0.2) is 18.7 Å². The largest absolute Gasteiger partial charge is 0.298 e. The van der Waals surface area contributed by atoms with Crippen LogP contribution in [-0.2, 0) is 0 Å². The highest BCUT2D eigenvalue weighted by molar-refractivity contribution is 5.88. The van der Waals surface area contributed by atoms with Crippen molar-refractivity contribution in [3.05, 3.63) is 290 Å². The van der Waals surface area contributed by atoms with Crippen LogP contribution in [0.3, 0.4) is 0 Å². The van der Waals surface area contributed by atoms with Crippen LogP contribution in [0.1, 0.15) is 41.4 Å². The molecule has 12 rings (SSSR count). The molecule has 0 atom stereocenters. The van der Waals surface area contributed by atoms with E-state index in [1.54, 1.807) is 43.5 Å². The number of hydrogen-bond acceptors (Lipinski definition) is 8. The van der Waals surface area contributed by atoms with Gasteiger partial charge >= 0.3 is 0 Å². The summed E-state index contributed by atoms with van der Waals surface area (Å²) in [6, 6.07) is 77.8. The quantitative estimate of drug-likeness (QED) is 0.110. The van der Waals surface area contributed by atoms with Crippen molar-refractivity contribution in [2.24, 2.45) is 0 Å². The number of rotatable bonds is 12. The van der Waals surface area contributed by atoms with Gasteiger partial charge in [0.05, 0.1) is 45.0 Å². The molecule has 0 amide bonds. The maximum Gasteiger partial charge on any atom is 0.153 e. The van der Waals surface area contributed by atoms with E-state index in [0.29, 0.717) is 45.0 Å². The first-order valence-corrected chi connectivity index (χ1v) is 24.2. The Morgan fingerprint density at radius 3 is 0.539 bits per heavy atom. The molecule has 76 heavy (non-hydrogen) atoms. The minimum absolute atomic E-state index is 0.593. The second-order valence-electron chi connectivity index (χ2n) is 16.8. The van der Waals surface area contributed by atoms with Crippen LogP contribution < -0.4 is 0 Å². The molecule has 12 heteroatoms. The molecule has 0 spiro atoms. The third-order valence-electron chi connectivity index (χ3n) is 11.7. The summed E-state index contributed by atoms with van der Waals surface area (Å²) in [6.07, 6.45) is 10.4. The number of hydrogen-bond donors (Lipinski definition) is 0. The Kier molecular flexibility index (Phi) is 16.6. The molecule has 0 aliphatic carbocycles. The molecule has 8 aromatic carbocycles. The first-order chi connectivity index (χ1) is 37.5. The summed E-state index contributed by atoms with van der Waals surface area (Å²) in [5.74, 6) is 0. The van der Waals surface area contributed by atoms with Gasteiger partial charge in [-0.05, 0) is 48.5 Å². The van der Waals surface area contributed by atoms with Crippen LogP contribution in [0, 0.1) is 0 Å². The highest BCUT2D eigenvalue weighted by atomic mass is 16.1. The van der Waals surface area contributed by atoms with Crippen molar-refractivity contribution < 1.29 is 19.2 Å². The average molecular weight is 993 g/mol. The number of carbonyl (C=O) groups is 4. The zero-order valence-corrected chi connectivity index (χ0v) is 40.9. The van der Waals surface area contributed by atoms with Crippen molar-refractivity contribution in [2.45, 2.75) is 0 Å². The van der Waals surface area contributed by atoms with E-state index in [1.807, 2.05) is 243 Å². The van der Waals surface area contributed by atoms with E-state index in [9.17, 15) is 19.2 Å². The molecule has 0 aliphatic heterocycles. The van der Waals surface area contributed by atoms with Crippen LogP contribution in [0.5, 0.6) is 0 Å². The monoisotopic (exact) mass is 992 g/mol. The molecule has 0 saturated carbocycles. The van der Waals surface area contributed by atoms with E-state index in [-0.39, 0.29) is 0 Å². The summed E-state index contributed by atoms with van der Waals surface area (Å²) in [5.41, 5.74) is 12.7. The Morgan fingerprint density at radius 1 is 0.224 bits per heavy atom. The van der Waals surface area contributed by atoms with Crippen molar-refractivity contribution in [1.29, 1.82) is 0 Å². The van der Waals surface area contributed by atoms with Gasteiger partial charge in [-0.2, -0.15) is 20.4 Å². The van der Waals surface area contributed by atoms with Crippen LogP contribution in [0.25, 0.3) is 67.8 Å². The van der Waals surface area contributed by atoms with Gasteiger partial charge in [-0.3, -0.25) is 19.2 Å². The van der Waals surface area contributed by atoms with Gasteiger partial charge < -0.3 is 0 Å². The van der Waals surface area contributed by atoms with E-state index in [0.717, 1.165) is 70.1 Å². The summed E-state index contributed by atoms with van der Waals surface area (Å²) in [5, 5.41) is 18.0. The van der Waals surface area contributed by atoms with Gasteiger partial charge in [0.15, 0.2) is 25.1 Å². The Labute approximate surface area is 439 Å². The fourth-order valence-corrected chi connectivity index (χ4v) is 8.03. The van der Waals surface area contributed by atoms with Crippen molar-refractivity contribution in [3.8, 4) is 67.8 Å². The van der Waals surface area contributed by atoms with Gasteiger partial charge in [0.25, 0.3) is 0 Å². The molecule has 4 aromatic heterocycles. The molecule has 12 aromatic rings. The summed E-state index contributed by atoms with van der Waals surface area (Å²) >= 11 is 0. The molecule has 0 N–H and O–H groups in total. The van der Waals surface area contributed by atoms with Crippen molar-refractivity contribution >= 4 is 25.1 Å². The lowest BCUT2D eigenvalue weighted by molar-refractivity contribution is 0.111. The second-order valence-corrected chi connectivity index (χ2v) is 16.8. The van der Waals surface area contributed by atoms with Crippen LogP contribution in [0.2, 0.25) is 0 Å². The van der Waals surface area contributed by atoms with Crippen molar-refractivity contribution in [2.75, 3.05) is 0 Å². The SMILES string of the molecule is O=Cc1cn(-c2ccccc2)nc1-c1ccccc1.O=Cc1cn(-c2ccccc2)nc1-c1ccccc1.O=Cc1cn(-c2ccccc2)nc1-c1ccccc1.O=Cc1cn(-c2ccccc2)nc1-c1ccccc1.